The van der Waals surface area contributed by atoms with Crippen LogP contribution in [0, 0.1) is 0 Å². The molecule has 8 heteroatoms. The predicted molar refractivity (Wildman–Crippen MR) is 55.6 cm³/mol. The summed E-state index contributed by atoms with van der Waals surface area (Å²) in [5.41, 5.74) is -0.277. The zero-order chi connectivity index (χ0) is 11.8. The maximum absolute atomic E-state index is 11.4. The maximum Gasteiger partial charge on any atom is 0.348 e. The van der Waals surface area contributed by atoms with Gasteiger partial charge in [-0.3, -0.25) is 0 Å². The van der Waals surface area contributed by atoms with Crippen LogP contribution in [0.5, 0.6) is 0 Å². The highest BCUT2D eigenvalue weighted by molar-refractivity contribution is 7.89. The zero-order valence-corrected chi connectivity index (χ0v) is 8.81. The lowest BCUT2D eigenvalue weighted by molar-refractivity contribution is 0.584. The lowest BCUT2D eigenvalue weighted by atomic mass is 10.3. The minimum absolute atomic E-state index is 0.380. The summed E-state index contributed by atoms with van der Waals surface area (Å²) in [6, 6.07) is 8.23. The van der Waals surface area contributed by atoms with Crippen molar-refractivity contribution in [3.05, 3.63) is 40.8 Å². The molecule has 84 valence electrons. The quantitative estimate of drug-likeness (QED) is 0.716. The van der Waals surface area contributed by atoms with Gasteiger partial charge < -0.3 is 0 Å². The summed E-state index contributed by atoms with van der Waals surface area (Å²) < 4.78 is 23.2. The van der Waals surface area contributed by atoms with Gasteiger partial charge in [0.2, 0.25) is 0 Å². The van der Waals surface area contributed by atoms with E-state index >= 15 is 0 Å². The topological polar surface area (TPSA) is 111 Å². The van der Waals surface area contributed by atoms with E-state index in [0.29, 0.717) is 5.69 Å². The van der Waals surface area contributed by atoms with Gasteiger partial charge >= 0.3 is 5.69 Å². The molecule has 0 unspecified atom stereocenters. The highest BCUT2D eigenvalue weighted by Gasteiger charge is 2.19. The van der Waals surface area contributed by atoms with E-state index in [1.807, 2.05) is 5.10 Å². The van der Waals surface area contributed by atoms with E-state index < -0.39 is 20.9 Å². The Balaban J connectivity index is 2.76. The predicted octanol–water partition coefficient (Wildman–Crippen LogP) is -0.792. The van der Waals surface area contributed by atoms with Gasteiger partial charge in [-0.15, -0.1) is 5.10 Å². The minimum atomic E-state index is -4.04. The number of nitrogens with zero attached hydrogens (tertiary/aromatic N) is 2. The monoisotopic (exact) mass is 240 g/mol. The van der Waals surface area contributed by atoms with Gasteiger partial charge in [-0.1, -0.05) is 18.2 Å². The van der Waals surface area contributed by atoms with Crippen LogP contribution in [0.15, 0.2) is 40.3 Å². The minimum Gasteiger partial charge on any atom is -0.246 e. The van der Waals surface area contributed by atoms with Gasteiger partial charge in [0, 0.05) is 0 Å². The van der Waals surface area contributed by atoms with Crippen molar-refractivity contribution in [2.24, 2.45) is 5.14 Å². The second kappa shape index (κ2) is 3.58. The molecule has 0 fully saturated rings. The number of nitrogens with two attached hydrogens (primary N) is 1. The number of nitrogens with one attached hydrogen (secondary N) is 1. The van der Waals surface area contributed by atoms with Crippen LogP contribution in [0.1, 0.15) is 0 Å². The summed E-state index contributed by atoms with van der Waals surface area (Å²) in [4.78, 5) is 11.4. The molecule has 2 aromatic rings. The van der Waals surface area contributed by atoms with E-state index in [2.05, 4.69) is 5.10 Å². The van der Waals surface area contributed by atoms with Crippen LogP contribution in [0.3, 0.4) is 0 Å². The molecule has 7 nitrogen and oxygen atoms in total. The van der Waals surface area contributed by atoms with Gasteiger partial charge in [0.05, 0.1) is 5.69 Å². The number of rotatable bonds is 2. The van der Waals surface area contributed by atoms with Crippen molar-refractivity contribution >= 4 is 10.0 Å². The van der Waals surface area contributed by atoms with Crippen LogP contribution in [0.25, 0.3) is 5.69 Å². The molecule has 16 heavy (non-hydrogen) atoms. The Kier molecular flexibility index (Phi) is 2.37. The fraction of sp³-hybridized carbons (Fsp3) is 0. The first-order chi connectivity index (χ1) is 7.50. The molecule has 0 bridgehead atoms. The first kappa shape index (κ1) is 10.6. The van der Waals surface area contributed by atoms with Crippen LogP contribution >= 0.6 is 0 Å². The summed E-state index contributed by atoms with van der Waals surface area (Å²) in [6.45, 7) is 0. The number of aromatic amines is 1. The summed E-state index contributed by atoms with van der Waals surface area (Å²) in [6.07, 6.45) is 0. The lowest BCUT2D eigenvalue weighted by Crippen LogP contribution is -2.22. The molecule has 3 N–H and O–H groups in total. The average Bonchev–Trinajstić information content (AvgIpc) is 2.61. The highest BCUT2D eigenvalue weighted by Crippen LogP contribution is 2.08. The molecule has 1 aromatic carbocycles. The molecule has 2 rings (SSSR count). The average molecular weight is 240 g/mol. The number of hydrogen-bond acceptors (Lipinski definition) is 4. The van der Waals surface area contributed by atoms with Gasteiger partial charge in [0.1, 0.15) is 0 Å². The molecule has 0 amide bonds. The van der Waals surface area contributed by atoms with Crippen LogP contribution < -0.4 is 10.8 Å². The number of sulfonamides is 1. The van der Waals surface area contributed by atoms with Crippen molar-refractivity contribution in [3.8, 4) is 5.69 Å². The maximum atomic E-state index is 11.4. The van der Waals surface area contributed by atoms with Crippen LogP contribution in [-0.4, -0.2) is 23.2 Å². The molecule has 0 aliphatic rings. The van der Waals surface area contributed by atoms with Crippen molar-refractivity contribution in [2.45, 2.75) is 5.16 Å². The normalized spacial score (nSPS) is 11.6. The van der Waals surface area contributed by atoms with Crippen LogP contribution in [0.4, 0.5) is 0 Å². The van der Waals surface area contributed by atoms with Gasteiger partial charge in [0.15, 0.2) is 0 Å². The Morgan fingerprint density at radius 2 is 1.88 bits per heavy atom. The highest BCUT2D eigenvalue weighted by atomic mass is 32.2. The number of benzene rings is 1. The SMILES string of the molecule is NS(=O)(=O)c1n[nH]c(=O)n1-c1ccccc1. The second-order valence-corrected chi connectivity index (χ2v) is 4.48. The molecule has 0 atom stereocenters. The smallest absolute Gasteiger partial charge is 0.246 e. The molecule has 0 radical (unpaired) electrons. The van der Waals surface area contributed by atoms with Crippen molar-refractivity contribution in [1.82, 2.24) is 14.8 Å². The molecule has 0 aliphatic carbocycles. The lowest BCUT2D eigenvalue weighted by Gasteiger charge is -2.02. The third-order valence-corrected chi connectivity index (χ3v) is 2.69. The van der Waals surface area contributed by atoms with Gasteiger partial charge in [-0.05, 0) is 12.1 Å². The van der Waals surface area contributed by atoms with E-state index in [-0.39, 0.29) is 0 Å². The third kappa shape index (κ3) is 1.75. The number of hydrogen-bond donors (Lipinski definition) is 2. The van der Waals surface area contributed by atoms with E-state index in [4.69, 9.17) is 5.14 Å². The number of H-pyrrole nitrogens is 1. The van der Waals surface area contributed by atoms with Crippen molar-refractivity contribution in [3.63, 3.8) is 0 Å². The number of para-hydroxylation sites is 1. The molecule has 1 aromatic heterocycles. The molecule has 0 saturated carbocycles. The zero-order valence-electron chi connectivity index (χ0n) is 7.99. The summed E-state index contributed by atoms with van der Waals surface area (Å²) in [5.74, 6) is 0. The Morgan fingerprint density at radius 1 is 1.25 bits per heavy atom. The van der Waals surface area contributed by atoms with E-state index in [9.17, 15) is 13.2 Å². The third-order valence-electron chi connectivity index (χ3n) is 1.91. The first-order valence-corrected chi connectivity index (χ1v) is 5.80. The Hall–Kier alpha value is -1.93. The number of primary sulfonamides is 1. The largest absolute Gasteiger partial charge is 0.348 e. The van der Waals surface area contributed by atoms with Crippen molar-refractivity contribution < 1.29 is 8.42 Å². The summed E-state index contributed by atoms with van der Waals surface area (Å²) >= 11 is 0. The fourth-order valence-corrected chi connectivity index (χ4v) is 1.89. The van der Waals surface area contributed by atoms with Gasteiger partial charge in [-0.2, -0.15) is 0 Å². The molecule has 0 saturated heterocycles. The second-order valence-electron chi connectivity index (χ2n) is 3.03. The van der Waals surface area contributed by atoms with E-state index in [1.54, 1.807) is 30.3 Å². The molecule has 0 spiro atoms. The van der Waals surface area contributed by atoms with Crippen LogP contribution in [-0.2, 0) is 10.0 Å². The fourth-order valence-electron chi connectivity index (χ4n) is 1.28. The van der Waals surface area contributed by atoms with E-state index in [0.717, 1.165) is 4.57 Å². The molecular weight excluding hydrogens is 232 g/mol. The summed E-state index contributed by atoms with van der Waals surface area (Å²) in [7, 11) is -4.04. The summed E-state index contributed by atoms with van der Waals surface area (Å²) in [5, 5.41) is 9.84. The van der Waals surface area contributed by atoms with Gasteiger partial charge in [0.25, 0.3) is 15.2 Å². The van der Waals surface area contributed by atoms with Crippen molar-refractivity contribution in [1.29, 1.82) is 0 Å². The molecule has 0 aliphatic heterocycles. The molecular formula is C8H8N4O3S. The Bertz CT molecular complexity index is 656. The van der Waals surface area contributed by atoms with E-state index in [1.165, 1.54) is 0 Å². The Labute approximate surface area is 90.6 Å². The molecule has 1 heterocycles. The van der Waals surface area contributed by atoms with Gasteiger partial charge in [-0.25, -0.2) is 28.0 Å². The van der Waals surface area contributed by atoms with Crippen molar-refractivity contribution in [2.75, 3.05) is 0 Å². The first-order valence-electron chi connectivity index (χ1n) is 4.26. The number of aromatic nitrogens is 3. The van der Waals surface area contributed by atoms with Crippen LogP contribution in [0.2, 0.25) is 0 Å². The standard InChI is InChI=1S/C8H8N4O3S/c9-16(14,15)8-11-10-7(13)12(8)6-4-2-1-3-5-6/h1-5H,(H,10,13)(H2,9,14,15). The Morgan fingerprint density at radius 3 is 2.44 bits per heavy atom.